The van der Waals surface area contributed by atoms with Crippen molar-refractivity contribution in [2.24, 2.45) is 5.92 Å². The molecule has 0 aliphatic rings. The minimum atomic E-state index is -1.45. The number of rotatable bonds is 7. The predicted octanol–water partition coefficient (Wildman–Crippen LogP) is 2.79. The van der Waals surface area contributed by atoms with Gasteiger partial charge in [-0.3, -0.25) is 4.79 Å². The SMILES string of the molecule is CCCCC(C(=O)O)C(C)(O)c1ccccc1OC. The Bertz CT molecular complexity index is 426. The third-order valence-corrected chi connectivity index (χ3v) is 3.48. The molecule has 0 amide bonds. The summed E-state index contributed by atoms with van der Waals surface area (Å²) < 4.78 is 5.21. The van der Waals surface area contributed by atoms with Crippen LogP contribution < -0.4 is 4.74 Å². The molecular weight excluding hydrogens is 244 g/mol. The van der Waals surface area contributed by atoms with Crippen LogP contribution in [0.2, 0.25) is 0 Å². The number of hydrogen-bond acceptors (Lipinski definition) is 3. The standard InChI is InChI=1S/C15H22O4/c1-4-5-8-12(14(16)17)15(2,18)11-9-6-7-10-13(11)19-3/h6-7,9-10,12,18H,4-5,8H2,1-3H3,(H,16,17). The monoisotopic (exact) mass is 266 g/mol. The van der Waals surface area contributed by atoms with Gasteiger partial charge in [0.1, 0.15) is 11.4 Å². The maximum Gasteiger partial charge on any atom is 0.309 e. The number of aliphatic carboxylic acids is 1. The summed E-state index contributed by atoms with van der Waals surface area (Å²) in [4.78, 5) is 11.4. The molecular formula is C15H22O4. The van der Waals surface area contributed by atoms with E-state index >= 15 is 0 Å². The molecule has 0 saturated heterocycles. The van der Waals surface area contributed by atoms with Gasteiger partial charge < -0.3 is 14.9 Å². The van der Waals surface area contributed by atoms with E-state index < -0.39 is 17.5 Å². The summed E-state index contributed by atoms with van der Waals surface area (Å²) in [5.41, 5.74) is -0.936. The zero-order chi connectivity index (χ0) is 14.5. The first-order valence-electron chi connectivity index (χ1n) is 6.53. The van der Waals surface area contributed by atoms with Gasteiger partial charge in [0.15, 0.2) is 0 Å². The molecule has 0 radical (unpaired) electrons. The van der Waals surface area contributed by atoms with Crippen LogP contribution in [0.15, 0.2) is 24.3 Å². The number of benzene rings is 1. The average molecular weight is 266 g/mol. The van der Waals surface area contributed by atoms with E-state index in [0.29, 0.717) is 17.7 Å². The predicted molar refractivity (Wildman–Crippen MR) is 73.2 cm³/mol. The highest BCUT2D eigenvalue weighted by Gasteiger charge is 2.40. The summed E-state index contributed by atoms with van der Waals surface area (Å²) in [6.07, 6.45) is 2.10. The second-order valence-electron chi connectivity index (χ2n) is 4.88. The number of carboxylic acid groups (broad SMARTS) is 1. The van der Waals surface area contributed by atoms with E-state index in [1.807, 2.05) is 6.92 Å². The number of carboxylic acids is 1. The lowest BCUT2D eigenvalue weighted by Crippen LogP contribution is -2.37. The Hall–Kier alpha value is -1.55. The number of methoxy groups -OCH3 is 1. The molecule has 0 saturated carbocycles. The van der Waals surface area contributed by atoms with Gasteiger partial charge >= 0.3 is 5.97 Å². The van der Waals surface area contributed by atoms with Crippen molar-refractivity contribution in [3.8, 4) is 5.75 Å². The van der Waals surface area contributed by atoms with Crippen LogP contribution in [0.25, 0.3) is 0 Å². The molecule has 0 aliphatic heterocycles. The second kappa shape index (κ2) is 6.57. The summed E-state index contributed by atoms with van der Waals surface area (Å²) in [6.45, 7) is 3.54. The van der Waals surface area contributed by atoms with Crippen LogP contribution in [0.4, 0.5) is 0 Å². The summed E-state index contributed by atoms with van der Waals surface area (Å²) in [5, 5.41) is 20.1. The molecule has 4 nitrogen and oxygen atoms in total. The van der Waals surface area contributed by atoms with Gasteiger partial charge in [-0.2, -0.15) is 0 Å². The molecule has 1 aromatic carbocycles. The third-order valence-electron chi connectivity index (χ3n) is 3.48. The van der Waals surface area contributed by atoms with Gasteiger partial charge in [0.2, 0.25) is 0 Å². The fourth-order valence-corrected chi connectivity index (χ4v) is 2.30. The van der Waals surface area contributed by atoms with Gasteiger partial charge in [-0.15, -0.1) is 0 Å². The van der Waals surface area contributed by atoms with Crippen molar-refractivity contribution in [3.05, 3.63) is 29.8 Å². The van der Waals surface area contributed by atoms with Crippen LogP contribution in [0.3, 0.4) is 0 Å². The molecule has 1 rings (SSSR count). The molecule has 2 unspecified atom stereocenters. The minimum Gasteiger partial charge on any atom is -0.496 e. The maximum atomic E-state index is 11.4. The van der Waals surface area contributed by atoms with Crippen LogP contribution in [0.1, 0.15) is 38.7 Å². The van der Waals surface area contributed by atoms with Gasteiger partial charge in [-0.25, -0.2) is 0 Å². The van der Waals surface area contributed by atoms with Crippen molar-refractivity contribution in [1.29, 1.82) is 0 Å². The lowest BCUT2D eigenvalue weighted by atomic mass is 9.79. The largest absolute Gasteiger partial charge is 0.496 e. The first-order chi connectivity index (χ1) is 8.95. The van der Waals surface area contributed by atoms with Crippen molar-refractivity contribution in [3.63, 3.8) is 0 Å². The van der Waals surface area contributed by atoms with E-state index in [9.17, 15) is 15.0 Å². The zero-order valence-corrected chi connectivity index (χ0v) is 11.7. The lowest BCUT2D eigenvalue weighted by molar-refractivity contribution is -0.152. The Balaban J connectivity index is 3.14. The van der Waals surface area contributed by atoms with Crippen LogP contribution in [-0.4, -0.2) is 23.3 Å². The van der Waals surface area contributed by atoms with Crippen molar-refractivity contribution < 1.29 is 19.7 Å². The number of ether oxygens (including phenoxy) is 1. The number of para-hydroxylation sites is 1. The van der Waals surface area contributed by atoms with E-state index in [2.05, 4.69) is 0 Å². The van der Waals surface area contributed by atoms with Crippen molar-refractivity contribution in [2.45, 2.75) is 38.7 Å². The lowest BCUT2D eigenvalue weighted by Gasteiger charge is -2.31. The summed E-state index contributed by atoms with van der Waals surface area (Å²) in [6, 6.07) is 6.99. The maximum absolute atomic E-state index is 11.4. The second-order valence-corrected chi connectivity index (χ2v) is 4.88. The van der Waals surface area contributed by atoms with Gasteiger partial charge in [0.05, 0.1) is 13.0 Å². The number of carbonyl (C=O) groups is 1. The Labute approximate surface area is 114 Å². The number of aliphatic hydroxyl groups is 1. The molecule has 0 aliphatic carbocycles. The van der Waals surface area contributed by atoms with E-state index in [1.54, 1.807) is 31.2 Å². The molecule has 0 fully saturated rings. The fourth-order valence-electron chi connectivity index (χ4n) is 2.30. The Morgan fingerprint density at radius 3 is 2.58 bits per heavy atom. The van der Waals surface area contributed by atoms with Crippen molar-refractivity contribution in [2.75, 3.05) is 7.11 Å². The van der Waals surface area contributed by atoms with Crippen LogP contribution in [0.5, 0.6) is 5.75 Å². The van der Waals surface area contributed by atoms with Crippen LogP contribution >= 0.6 is 0 Å². The van der Waals surface area contributed by atoms with Crippen molar-refractivity contribution >= 4 is 5.97 Å². The average Bonchev–Trinajstić information content (AvgIpc) is 2.38. The first-order valence-corrected chi connectivity index (χ1v) is 6.53. The zero-order valence-electron chi connectivity index (χ0n) is 11.7. The molecule has 106 valence electrons. The first kappa shape index (κ1) is 15.5. The highest BCUT2D eigenvalue weighted by Crippen LogP contribution is 2.37. The minimum absolute atomic E-state index is 0.441. The summed E-state index contributed by atoms with van der Waals surface area (Å²) in [5.74, 6) is -1.32. The van der Waals surface area contributed by atoms with Crippen LogP contribution in [-0.2, 0) is 10.4 Å². The molecule has 4 heteroatoms. The van der Waals surface area contributed by atoms with E-state index in [1.165, 1.54) is 7.11 Å². The quantitative estimate of drug-likeness (QED) is 0.796. The van der Waals surface area contributed by atoms with Crippen molar-refractivity contribution in [1.82, 2.24) is 0 Å². The van der Waals surface area contributed by atoms with E-state index in [0.717, 1.165) is 12.8 Å². The summed E-state index contributed by atoms with van der Waals surface area (Å²) in [7, 11) is 1.51. The van der Waals surface area contributed by atoms with Gasteiger partial charge in [-0.1, -0.05) is 38.0 Å². The smallest absolute Gasteiger partial charge is 0.309 e. The van der Waals surface area contributed by atoms with Gasteiger partial charge in [0.25, 0.3) is 0 Å². The molecule has 0 heterocycles. The molecule has 2 N–H and O–H groups in total. The molecule has 1 aromatic rings. The molecule has 2 atom stereocenters. The Morgan fingerprint density at radius 2 is 2.05 bits per heavy atom. The fraction of sp³-hybridized carbons (Fsp3) is 0.533. The Morgan fingerprint density at radius 1 is 1.42 bits per heavy atom. The highest BCUT2D eigenvalue weighted by atomic mass is 16.5. The highest BCUT2D eigenvalue weighted by molar-refractivity contribution is 5.72. The van der Waals surface area contributed by atoms with E-state index in [-0.39, 0.29) is 0 Å². The molecule has 0 bridgehead atoms. The molecule has 19 heavy (non-hydrogen) atoms. The topological polar surface area (TPSA) is 66.8 Å². The number of unbranched alkanes of at least 4 members (excludes halogenated alkanes) is 1. The number of hydrogen-bond donors (Lipinski definition) is 2. The van der Waals surface area contributed by atoms with Gasteiger partial charge in [-0.05, 0) is 19.4 Å². The Kier molecular flexibility index (Phi) is 5.36. The van der Waals surface area contributed by atoms with Crippen LogP contribution in [0, 0.1) is 5.92 Å². The third kappa shape index (κ3) is 3.47. The molecule has 0 spiro atoms. The molecule has 0 aromatic heterocycles. The summed E-state index contributed by atoms with van der Waals surface area (Å²) >= 11 is 0. The normalized spacial score (nSPS) is 15.6. The van der Waals surface area contributed by atoms with Gasteiger partial charge in [0, 0.05) is 5.56 Å². The van der Waals surface area contributed by atoms with E-state index in [4.69, 9.17) is 4.74 Å².